The molecule has 4 nitrogen and oxygen atoms in total. The summed E-state index contributed by atoms with van der Waals surface area (Å²) in [5, 5.41) is 0. The fourth-order valence-corrected chi connectivity index (χ4v) is 3.24. The third kappa shape index (κ3) is 2.92. The van der Waals surface area contributed by atoms with E-state index in [-0.39, 0.29) is 18.4 Å². The molecule has 2 aromatic rings. The Morgan fingerprint density at radius 1 is 1.00 bits per heavy atom. The molecule has 0 N–H and O–H groups in total. The van der Waals surface area contributed by atoms with Gasteiger partial charge in [-0.3, -0.25) is 14.5 Å². The van der Waals surface area contributed by atoms with E-state index in [1.54, 1.807) is 9.80 Å². The third-order valence-corrected chi connectivity index (χ3v) is 4.57. The number of nitrogens with zero attached hydrogens (tertiary/aromatic N) is 2. The Kier molecular flexibility index (Phi) is 4.65. The number of benzene rings is 2. The maximum absolute atomic E-state index is 13.1. The number of anilines is 1. The van der Waals surface area contributed by atoms with Gasteiger partial charge in [0, 0.05) is 30.8 Å². The van der Waals surface area contributed by atoms with Crippen molar-refractivity contribution in [2.24, 2.45) is 0 Å². The number of likely N-dealkylation sites (N-methyl/N-ethyl adjacent to an activating group) is 1. The minimum atomic E-state index is -0.101. The smallest absolute Gasteiger partial charge is 0.259 e. The SMILES string of the molecule is CCN(CC)C(=O)CN1C(=O)c2ccccc2Cc2ccccc21. The van der Waals surface area contributed by atoms with Gasteiger partial charge in [0.2, 0.25) is 5.91 Å². The summed E-state index contributed by atoms with van der Waals surface area (Å²) in [6.45, 7) is 5.28. The summed E-state index contributed by atoms with van der Waals surface area (Å²) < 4.78 is 0. The fourth-order valence-electron chi connectivity index (χ4n) is 3.24. The Balaban J connectivity index is 2.03. The molecular weight excluding hydrogens is 300 g/mol. The van der Waals surface area contributed by atoms with Gasteiger partial charge in [0.15, 0.2) is 0 Å². The summed E-state index contributed by atoms with van der Waals surface area (Å²) in [4.78, 5) is 29.1. The van der Waals surface area contributed by atoms with Gasteiger partial charge in [0.05, 0.1) is 0 Å². The van der Waals surface area contributed by atoms with Crippen molar-refractivity contribution in [3.8, 4) is 0 Å². The van der Waals surface area contributed by atoms with E-state index in [0.717, 1.165) is 16.8 Å². The van der Waals surface area contributed by atoms with E-state index in [4.69, 9.17) is 0 Å². The highest BCUT2D eigenvalue weighted by Gasteiger charge is 2.28. The van der Waals surface area contributed by atoms with Crippen LogP contribution in [-0.2, 0) is 11.2 Å². The Bertz CT molecular complexity index is 766. The number of fused-ring (bicyclic) bond motifs is 2. The minimum absolute atomic E-state index is 0.0254. The second kappa shape index (κ2) is 6.87. The van der Waals surface area contributed by atoms with Crippen molar-refractivity contribution >= 4 is 17.5 Å². The van der Waals surface area contributed by atoms with E-state index >= 15 is 0 Å². The number of para-hydroxylation sites is 1. The number of amides is 2. The highest BCUT2D eigenvalue weighted by molar-refractivity contribution is 6.10. The lowest BCUT2D eigenvalue weighted by molar-refractivity contribution is -0.129. The zero-order valence-corrected chi connectivity index (χ0v) is 14.2. The van der Waals surface area contributed by atoms with Gasteiger partial charge in [-0.1, -0.05) is 36.4 Å². The molecule has 0 saturated heterocycles. The van der Waals surface area contributed by atoms with Crippen LogP contribution in [0.3, 0.4) is 0 Å². The van der Waals surface area contributed by atoms with Crippen LogP contribution in [-0.4, -0.2) is 36.3 Å². The van der Waals surface area contributed by atoms with Gasteiger partial charge in [0.25, 0.3) is 5.91 Å². The first kappa shape index (κ1) is 16.2. The van der Waals surface area contributed by atoms with Crippen LogP contribution in [0.4, 0.5) is 5.69 Å². The van der Waals surface area contributed by atoms with Crippen LogP contribution in [0, 0.1) is 0 Å². The molecule has 124 valence electrons. The number of rotatable bonds is 4. The molecule has 3 rings (SSSR count). The molecule has 0 atom stereocenters. The van der Waals surface area contributed by atoms with Crippen LogP contribution in [0.15, 0.2) is 48.5 Å². The molecule has 0 radical (unpaired) electrons. The summed E-state index contributed by atoms with van der Waals surface area (Å²) in [7, 11) is 0. The molecule has 0 spiro atoms. The van der Waals surface area contributed by atoms with Crippen molar-refractivity contribution in [3.05, 3.63) is 65.2 Å². The molecule has 0 unspecified atom stereocenters. The first-order chi connectivity index (χ1) is 11.7. The third-order valence-electron chi connectivity index (χ3n) is 4.57. The molecule has 1 aliphatic rings. The molecule has 2 amide bonds. The standard InChI is InChI=1S/C20H22N2O2/c1-3-21(4-2)19(23)14-22-18-12-8-6-10-16(18)13-15-9-5-7-11-17(15)20(22)24/h5-12H,3-4,13-14H2,1-2H3. The number of hydrogen-bond donors (Lipinski definition) is 0. The summed E-state index contributed by atoms with van der Waals surface area (Å²) in [5.41, 5.74) is 3.59. The Labute approximate surface area is 142 Å². The second-order valence-corrected chi connectivity index (χ2v) is 5.92. The molecule has 1 heterocycles. The highest BCUT2D eigenvalue weighted by Crippen LogP contribution is 2.30. The normalized spacial score (nSPS) is 13.1. The van der Waals surface area contributed by atoms with Gasteiger partial charge in [-0.15, -0.1) is 0 Å². The van der Waals surface area contributed by atoms with Crippen molar-refractivity contribution in [1.29, 1.82) is 0 Å². The summed E-state index contributed by atoms with van der Waals surface area (Å²) in [6, 6.07) is 15.5. The molecule has 0 fully saturated rings. The quantitative estimate of drug-likeness (QED) is 0.868. The molecule has 0 aliphatic carbocycles. The molecule has 2 aromatic carbocycles. The fraction of sp³-hybridized carbons (Fsp3) is 0.300. The molecule has 0 bridgehead atoms. The van der Waals surface area contributed by atoms with Crippen LogP contribution in [0.1, 0.15) is 35.3 Å². The lowest BCUT2D eigenvalue weighted by Gasteiger charge is -2.26. The molecular formula is C20H22N2O2. The van der Waals surface area contributed by atoms with Crippen LogP contribution in [0.2, 0.25) is 0 Å². The van der Waals surface area contributed by atoms with Crippen LogP contribution >= 0.6 is 0 Å². The lowest BCUT2D eigenvalue weighted by Crippen LogP contribution is -2.43. The van der Waals surface area contributed by atoms with Gasteiger partial charge in [-0.25, -0.2) is 0 Å². The monoisotopic (exact) mass is 322 g/mol. The van der Waals surface area contributed by atoms with E-state index < -0.39 is 0 Å². The molecule has 4 heteroatoms. The first-order valence-corrected chi connectivity index (χ1v) is 8.41. The van der Waals surface area contributed by atoms with Crippen LogP contribution < -0.4 is 4.90 Å². The summed E-state index contributed by atoms with van der Waals surface area (Å²) >= 11 is 0. The predicted molar refractivity (Wildman–Crippen MR) is 95.3 cm³/mol. The zero-order chi connectivity index (χ0) is 17.1. The van der Waals surface area contributed by atoms with E-state index in [1.165, 1.54) is 0 Å². The summed E-state index contributed by atoms with van der Waals surface area (Å²) in [6.07, 6.45) is 0.702. The molecule has 0 saturated carbocycles. The number of carbonyl (C=O) groups excluding carboxylic acids is 2. The van der Waals surface area contributed by atoms with Crippen molar-refractivity contribution in [2.75, 3.05) is 24.5 Å². The Hall–Kier alpha value is -2.62. The van der Waals surface area contributed by atoms with E-state index in [1.807, 2.05) is 62.4 Å². The van der Waals surface area contributed by atoms with Crippen molar-refractivity contribution < 1.29 is 9.59 Å². The first-order valence-electron chi connectivity index (χ1n) is 8.41. The molecule has 1 aliphatic heterocycles. The predicted octanol–water partition coefficient (Wildman–Crippen LogP) is 3.11. The van der Waals surface area contributed by atoms with Gasteiger partial charge < -0.3 is 4.90 Å². The largest absolute Gasteiger partial charge is 0.342 e. The van der Waals surface area contributed by atoms with Gasteiger partial charge >= 0.3 is 0 Å². The Morgan fingerprint density at radius 3 is 2.33 bits per heavy atom. The number of hydrogen-bond acceptors (Lipinski definition) is 2. The van der Waals surface area contributed by atoms with Crippen LogP contribution in [0.25, 0.3) is 0 Å². The van der Waals surface area contributed by atoms with E-state index in [9.17, 15) is 9.59 Å². The highest BCUT2D eigenvalue weighted by atomic mass is 16.2. The average molecular weight is 322 g/mol. The second-order valence-electron chi connectivity index (χ2n) is 5.92. The minimum Gasteiger partial charge on any atom is -0.342 e. The average Bonchev–Trinajstić information content (AvgIpc) is 2.72. The van der Waals surface area contributed by atoms with E-state index in [0.29, 0.717) is 25.1 Å². The maximum Gasteiger partial charge on any atom is 0.259 e. The molecule has 0 aromatic heterocycles. The number of carbonyl (C=O) groups is 2. The van der Waals surface area contributed by atoms with Gasteiger partial charge in [-0.05, 0) is 37.1 Å². The summed E-state index contributed by atoms with van der Waals surface area (Å²) in [5.74, 6) is -0.126. The van der Waals surface area contributed by atoms with Crippen molar-refractivity contribution in [2.45, 2.75) is 20.3 Å². The van der Waals surface area contributed by atoms with Gasteiger partial charge in [-0.2, -0.15) is 0 Å². The topological polar surface area (TPSA) is 40.6 Å². The lowest BCUT2D eigenvalue weighted by atomic mass is 10.0. The van der Waals surface area contributed by atoms with Crippen molar-refractivity contribution in [3.63, 3.8) is 0 Å². The van der Waals surface area contributed by atoms with Crippen molar-refractivity contribution in [1.82, 2.24) is 4.90 Å². The molecule has 24 heavy (non-hydrogen) atoms. The zero-order valence-electron chi connectivity index (χ0n) is 14.2. The van der Waals surface area contributed by atoms with Gasteiger partial charge in [0.1, 0.15) is 6.54 Å². The van der Waals surface area contributed by atoms with Crippen LogP contribution in [0.5, 0.6) is 0 Å². The van der Waals surface area contributed by atoms with E-state index in [2.05, 4.69) is 0 Å². The maximum atomic E-state index is 13.1. The Morgan fingerprint density at radius 2 is 1.62 bits per heavy atom.